The molecule has 1 saturated heterocycles. The van der Waals surface area contributed by atoms with Crippen LogP contribution in [0.15, 0.2) is 21.1 Å². The Morgan fingerprint density at radius 3 is 2.48 bits per heavy atom. The van der Waals surface area contributed by atoms with Crippen molar-refractivity contribution >= 4 is 17.0 Å². The molecule has 4 rings (SSSR count). The second-order valence-electron chi connectivity index (χ2n) is 7.30. The van der Waals surface area contributed by atoms with Crippen LogP contribution in [0.5, 0.6) is 0 Å². The van der Waals surface area contributed by atoms with Crippen molar-refractivity contribution in [1.82, 2.24) is 15.0 Å². The van der Waals surface area contributed by atoms with Crippen LogP contribution in [0.2, 0.25) is 0 Å². The van der Waals surface area contributed by atoms with E-state index in [1.165, 1.54) is 0 Å². The number of amides is 1. The number of morpholine rings is 1. The number of ether oxygens (including phenoxy) is 1. The maximum Gasteiger partial charge on any atom is 0.259 e. The molecule has 2 atom stereocenters. The average molecular weight is 369 g/mol. The van der Waals surface area contributed by atoms with Gasteiger partial charge < -0.3 is 18.6 Å². The van der Waals surface area contributed by atoms with E-state index in [2.05, 4.69) is 10.1 Å². The first-order valence-corrected chi connectivity index (χ1v) is 9.12. The number of fused-ring (bicyclic) bond motifs is 1. The summed E-state index contributed by atoms with van der Waals surface area (Å²) in [5, 5.41) is 4.68. The highest BCUT2D eigenvalue weighted by atomic mass is 16.5. The van der Waals surface area contributed by atoms with Crippen molar-refractivity contribution in [2.45, 2.75) is 46.8 Å². The molecular weight excluding hydrogens is 346 g/mol. The first-order valence-electron chi connectivity index (χ1n) is 9.12. The highest BCUT2D eigenvalue weighted by molar-refractivity contribution is 6.07. The Morgan fingerprint density at radius 1 is 1.15 bits per heavy atom. The average Bonchev–Trinajstić information content (AvgIpc) is 3.14. The fraction of sp³-hybridized carbons (Fsp3) is 0.450. The van der Waals surface area contributed by atoms with Crippen LogP contribution in [0, 0.1) is 20.8 Å². The molecular formula is C20H23N3O4. The van der Waals surface area contributed by atoms with Gasteiger partial charge in [0, 0.05) is 18.7 Å². The number of rotatable bonds is 2. The number of nitrogens with zero attached hydrogens (tertiary/aromatic N) is 3. The number of hydrogen-bond donors (Lipinski definition) is 0. The maximum absolute atomic E-state index is 13.4. The summed E-state index contributed by atoms with van der Waals surface area (Å²) in [7, 11) is 0. The Bertz CT molecular complexity index is 1010. The molecule has 0 spiro atoms. The topological polar surface area (TPSA) is 81.6 Å². The quantitative estimate of drug-likeness (QED) is 0.686. The first kappa shape index (κ1) is 17.7. The van der Waals surface area contributed by atoms with E-state index in [9.17, 15) is 4.79 Å². The fourth-order valence-corrected chi connectivity index (χ4v) is 3.80. The van der Waals surface area contributed by atoms with Crippen molar-refractivity contribution in [2.24, 2.45) is 0 Å². The van der Waals surface area contributed by atoms with Crippen LogP contribution >= 0.6 is 0 Å². The van der Waals surface area contributed by atoms with Gasteiger partial charge in [-0.05, 0) is 46.8 Å². The number of hydrogen-bond acceptors (Lipinski definition) is 6. The Labute approximate surface area is 157 Å². The Balaban J connectivity index is 1.84. The van der Waals surface area contributed by atoms with Gasteiger partial charge in [0.2, 0.25) is 0 Å². The highest BCUT2D eigenvalue weighted by Gasteiger charge is 2.29. The summed E-state index contributed by atoms with van der Waals surface area (Å²) in [5.41, 5.74) is 3.06. The first-order chi connectivity index (χ1) is 12.8. The van der Waals surface area contributed by atoms with Crippen LogP contribution in [0.3, 0.4) is 0 Å². The molecule has 0 radical (unpaired) electrons. The van der Waals surface area contributed by atoms with Crippen molar-refractivity contribution in [3.63, 3.8) is 0 Å². The second kappa shape index (κ2) is 6.49. The van der Waals surface area contributed by atoms with Crippen LogP contribution < -0.4 is 0 Å². The molecule has 3 aromatic heterocycles. The van der Waals surface area contributed by atoms with Gasteiger partial charge in [0.25, 0.3) is 11.6 Å². The molecule has 0 saturated carbocycles. The number of aryl methyl sites for hydroxylation is 3. The number of furan rings is 1. The van der Waals surface area contributed by atoms with E-state index in [1.54, 1.807) is 0 Å². The van der Waals surface area contributed by atoms with Gasteiger partial charge in [0.15, 0.2) is 0 Å². The van der Waals surface area contributed by atoms with Gasteiger partial charge in [-0.15, -0.1) is 0 Å². The summed E-state index contributed by atoms with van der Waals surface area (Å²) >= 11 is 0. The molecule has 1 aliphatic heterocycles. The molecule has 0 bridgehead atoms. The molecule has 0 unspecified atom stereocenters. The molecule has 7 heteroatoms. The van der Waals surface area contributed by atoms with Gasteiger partial charge in [-0.2, -0.15) is 0 Å². The lowest BCUT2D eigenvalue weighted by Crippen LogP contribution is -2.48. The van der Waals surface area contributed by atoms with Crippen LogP contribution in [0.25, 0.3) is 22.4 Å². The third kappa shape index (κ3) is 3.12. The Morgan fingerprint density at radius 2 is 1.85 bits per heavy atom. The van der Waals surface area contributed by atoms with Gasteiger partial charge in [0.1, 0.15) is 11.5 Å². The summed E-state index contributed by atoms with van der Waals surface area (Å²) in [6.07, 6.45) is -0.00586. The van der Waals surface area contributed by atoms with E-state index in [1.807, 2.05) is 51.7 Å². The van der Waals surface area contributed by atoms with Crippen molar-refractivity contribution < 1.29 is 18.5 Å². The van der Waals surface area contributed by atoms with Crippen LogP contribution in [0.4, 0.5) is 0 Å². The second-order valence-corrected chi connectivity index (χ2v) is 7.30. The minimum atomic E-state index is -0.0604. The molecule has 142 valence electrons. The molecule has 4 heterocycles. The molecule has 1 amide bonds. The molecule has 0 aromatic carbocycles. The van der Waals surface area contributed by atoms with Crippen LogP contribution in [-0.2, 0) is 4.74 Å². The summed E-state index contributed by atoms with van der Waals surface area (Å²) in [5.74, 6) is 1.49. The zero-order valence-corrected chi connectivity index (χ0v) is 16.2. The van der Waals surface area contributed by atoms with Crippen molar-refractivity contribution in [2.75, 3.05) is 13.1 Å². The number of aromatic nitrogens is 2. The molecule has 27 heavy (non-hydrogen) atoms. The van der Waals surface area contributed by atoms with Gasteiger partial charge in [-0.25, -0.2) is 4.98 Å². The number of pyridine rings is 1. The predicted molar refractivity (Wildman–Crippen MR) is 99.6 cm³/mol. The minimum Gasteiger partial charge on any atom is -0.466 e. The van der Waals surface area contributed by atoms with Gasteiger partial charge in [-0.1, -0.05) is 5.16 Å². The Hall–Kier alpha value is -2.67. The fourth-order valence-electron chi connectivity index (χ4n) is 3.80. The molecule has 0 aliphatic carbocycles. The van der Waals surface area contributed by atoms with Gasteiger partial charge >= 0.3 is 0 Å². The number of carbonyl (C=O) groups is 1. The van der Waals surface area contributed by atoms with Crippen molar-refractivity contribution in [1.29, 1.82) is 0 Å². The zero-order chi connectivity index (χ0) is 19.3. The maximum atomic E-state index is 13.4. The van der Waals surface area contributed by atoms with Crippen LogP contribution in [0.1, 0.15) is 41.4 Å². The van der Waals surface area contributed by atoms with E-state index in [-0.39, 0.29) is 18.1 Å². The third-order valence-corrected chi connectivity index (χ3v) is 4.87. The summed E-state index contributed by atoms with van der Waals surface area (Å²) in [6.45, 7) is 10.6. The van der Waals surface area contributed by atoms with E-state index in [4.69, 9.17) is 13.7 Å². The van der Waals surface area contributed by atoms with E-state index in [0.29, 0.717) is 41.1 Å². The third-order valence-electron chi connectivity index (χ3n) is 4.87. The van der Waals surface area contributed by atoms with E-state index < -0.39 is 0 Å². The van der Waals surface area contributed by atoms with Crippen LogP contribution in [-0.4, -0.2) is 46.2 Å². The molecule has 0 N–H and O–H groups in total. The molecule has 1 fully saturated rings. The number of carbonyl (C=O) groups excluding carboxylic acids is 1. The summed E-state index contributed by atoms with van der Waals surface area (Å²) in [6, 6.07) is 3.73. The lowest BCUT2D eigenvalue weighted by Gasteiger charge is -2.35. The smallest absolute Gasteiger partial charge is 0.259 e. The lowest BCUT2D eigenvalue weighted by atomic mass is 10.0. The molecule has 1 aliphatic rings. The van der Waals surface area contributed by atoms with Crippen molar-refractivity contribution in [3.8, 4) is 11.3 Å². The van der Waals surface area contributed by atoms with Crippen molar-refractivity contribution in [3.05, 3.63) is 34.9 Å². The Kier molecular flexibility index (Phi) is 4.26. The predicted octanol–water partition coefficient (Wildman–Crippen LogP) is 3.66. The SMILES string of the molecule is Cc1cc(-c2cc(C(=O)N3C[C@@H](C)O[C@@H](C)C3)c3c(C)noc3n2)c(C)o1. The largest absolute Gasteiger partial charge is 0.466 e. The zero-order valence-electron chi connectivity index (χ0n) is 16.2. The standard InChI is InChI=1S/C20H23N3O4/c1-10-6-15(14(5)26-10)17-7-16(18-13(4)22-27-19(18)21-17)20(24)23-8-11(2)25-12(3)9-23/h6-7,11-12H,8-9H2,1-5H3/t11-,12+. The summed E-state index contributed by atoms with van der Waals surface area (Å²) in [4.78, 5) is 19.8. The van der Waals surface area contributed by atoms with Gasteiger partial charge in [0.05, 0.1) is 34.5 Å². The normalized spacial score (nSPS) is 20.4. The molecule has 7 nitrogen and oxygen atoms in total. The molecule has 3 aromatic rings. The minimum absolute atomic E-state index is 0.00293. The lowest BCUT2D eigenvalue weighted by molar-refractivity contribution is -0.0585. The monoisotopic (exact) mass is 369 g/mol. The van der Waals surface area contributed by atoms with E-state index >= 15 is 0 Å². The van der Waals surface area contributed by atoms with E-state index in [0.717, 1.165) is 17.1 Å². The highest BCUT2D eigenvalue weighted by Crippen LogP contribution is 2.31. The van der Waals surface area contributed by atoms with Gasteiger partial charge in [-0.3, -0.25) is 4.79 Å². The summed E-state index contributed by atoms with van der Waals surface area (Å²) < 4.78 is 16.8.